The lowest BCUT2D eigenvalue weighted by Crippen LogP contribution is -2.36. The quantitative estimate of drug-likeness (QED) is 0.573. The van der Waals surface area contributed by atoms with Gasteiger partial charge in [0.1, 0.15) is 11.5 Å². The lowest BCUT2D eigenvalue weighted by atomic mass is 9.77. The molecule has 1 aliphatic carbocycles. The Labute approximate surface area is 84.6 Å². The normalized spacial score (nSPS) is 19.4. The van der Waals surface area contributed by atoms with E-state index in [1.165, 1.54) is 24.8 Å². The van der Waals surface area contributed by atoms with E-state index in [1.54, 1.807) is 0 Å². The molecule has 1 aliphatic rings. The third-order valence-electron chi connectivity index (χ3n) is 3.22. The molecule has 1 aromatic heterocycles. The van der Waals surface area contributed by atoms with Gasteiger partial charge in [-0.3, -0.25) is 11.3 Å². The van der Waals surface area contributed by atoms with Gasteiger partial charge in [0, 0.05) is 5.56 Å². The predicted octanol–water partition coefficient (Wildman–Crippen LogP) is 2.20. The van der Waals surface area contributed by atoms with Crippen LogP contribution in [-0.4, -0.2) is 0 Å². The topological polar surface area (TPSA) is 51.2 Å². The highest BCUT2D eigenvalue weighted by molar-refractivity contribution is 5.25. The Balaban J connectivity index is 2.21. The second kappa shape index (κ2) is 3.75. The summed E-state index contributed by atoms with van der Waals surface area (Å²) in [4.78, 5) is 0. The van der Waals surface area contributed by atoms with Crippen molar-refractivity contribution < 1.29 is 4.42 Å². The van der Waals surface area contributed by atoms with Crippen LogP contribution in [0.2, 0.25) is 0 Å². The second-order valence-corrected chi connectivity index (χ2v) is 4.20. The monoisotopic (exact) mass is 194 g/mol. The second-order valence-electron chi connectivity index (χ2n) is 4.20. The van der Waals surface area contributed by atoms with E-state index < -0.39 is 0 Å². The molecule has 3 heteroatoms. The van der Waals surface area contributed by atoms with E-state index in [4.69, 9.17) is 10.3 Å². The lowest BCUT2D eigenvalue weighted by molar-refractivity contribution is 0.230. The zero-order valence-electron chi connectivity index (χ0n) is 8.84. The Hall–Kier alpha value is -0.800. The van der Waals surface area contributed by atoms with Gasteiger partial charge in [0.25, 0.3) is 0 Å². The summed E-state index contributed by atoms with van der Waals surface area (Å²) in [5.74, 6) is 8.26. The molecule has 2 rings (SSSR count). The number of nitrogens with one attached hydrogen (secondary N) is 1. The highest BCUT2D eigenvalue weighted by Gasteiger charge is 2.29. The molecule has 1 aromatic rings. The molecule has 78 valence electrons. The van der Waals surface area contributed by atoms with Crippen molar-refractivity contribution in [3.8, 4) is 0 Å². The van der Waals surface area contributed by atoms with Crippen LogP contribution < -0.4 is 11.3 Å². The summed E-state index contributed by atoms with van der Waals surface area (Å²) in [5, 5.41) is 0. The number of aryl methyl sites for hydroxylation is 2. The molecule has 1 atom stereocenters. The number of furan rings is 1. The minimum absolute atomic E-state index is 0.279. The maximum Gasteiger partial charge on any atom is 0.105 e. The van der Waals surface area contributed by atoms with Gasteiger partial charge in [-0.25, -0.2) is 0 Å². The number of hydrazine groups is 1. The largest absolute Gasteiger partial charge is 0.466 e. The zero-order valence-corrected chi connectivity index (χ0v) is 8.84. The van der Waals surface area contributed by atoms with E-state index in [1.807, 2.05) is 13.8 Å². The van der Waals surface area contributed by atoms with Gasteiger partial charge in [-0.1, -0.05) is 6.42 Å². The van der Waals surface area contributed by atoms with E-state index in [0.717, 1.165) is 11.5 Å². The van der Waals surface area contributed by atoms with Crippen LogP contribution in [0, 0.1) is 19.8 Å². The Bertz CT molecular complexity index is 315. The van der Waals surface area contributed by atoms with Gasteiger partial charge in [0.2, 0.25) is 0 Å². The van der Waals surface area contributed by atoms with Gasteiger partial charge in [0.15, 0.2) is 0 Å². The fourth-order valence-corrected chi connectivity index (χ4v) is 2.21. The molecule has 1 heterocycles. The summed E-state index contributed by atoms with van der Waals surface area (Å²) in [6, 6.07) is 2.37. The zero-order chi connectivity index (χ0) is 10.1. The third-order valence-corrected chi connectivity index (χ3v) is 3.22. The van der Waals surface area contributed by atoms with Crippen molar-refractivity contribution in [2.45, 2.75) is 39.2 Å². The molecule has 1 fully saturated rings. The predicted molar refractivity (Wildman–Crippen MR) is 55.6 cm³/mol. The summed E-state index contributed by atoms with van der Waals surface area (Å²) < 4.78 is 5.52. The average Bonchev–Trinajstić information content (AvgIpc) is 2.37. The van der Waals surface area contributed by atoms with Crippen LogP contribution in [-0.2, 0) is 0 Å². The van der Waals surface area contributed by atoms with Gasteiger partial charge >= 0.3 is 0 Å². The van der Waals surface area contributed by atoms with Crippen LogP contribution in [0.15, 0.2) is 10.5 Å². The fraction of sp³-hybridized carbons (Fsp3) is 0.636. The van der Waals surface area contributed by atoms with E-state index in [2.05, 4.69) is 11.5 Å². The first-order valence-electron chi connectivity index (χ1n) is 5.25. The van der Waals surface area contributed by atoms with Crippen molar-refractivity contribution in [1.29, 1.82) is 0 Å². The third kappa shape index (κ3) is 1.57. The summed E-state index contributed by atoms with van der Waals surface area (Å²) in [5.41, 5.74) is 4.15. The van der Waals surface area contributed by atoms with Crippen molar-refractivity contribution in [2.24, 2.45) is 11.8 Å². The van der Waals surface area contributed by atoms with Gasteiger partial charge < -0.3 is 4.42 Å². The van der Waals surface area contributed by atoms with Gasteiger partial charge in [-0.15, -0.1) is 0 Å². The van der Waals surface area contributed by atoms with Gasteiger partial charge in [-0.05, 0) is 38.7 Å². The Morgan fingerprint density at radius 1 is 1.50 bits per heavy atom. The van der Waals surface area contributed by atoms with E-state index >= 15 is 0 Å². The summed E-state index contributed by atoms with van der Waals surface area (Å²) in [7, 11) is 0. The number of rotatable bonds is 3. The van der Waals surface area contributed by atoms with Crippen LogP contribution >= 0.6 is 0 Å². The van der Waals surface area contributed by atoms with E-state index in [0.29, 0.717) is 5.92 Å². The van der Waals surface area contributed by atoms with Gasteiger partial charge in [-0.2, -0.15) is 0 Å². The number of hydrogen-bond acceptors (Lipinski definition) is 3. The van der Waals surface area contributed by atoms with Crippen LogP contribution in [0.25, 0.3) is 0 Å². The van der Waals surface area contributed by atoms with Crippen LogP contribution in [0.5, 0.6) is 0 Å². The molecule has 0 aromatic carbocycles. The van der Waals surface area contributed by atoms with Crippen molar-refractivity contribution in [3.05, 3.63) is 23.2 Å². The molecule has 3 nitrogen and oxygen atoms in total. The smallest absolute Gasteiger partial charge is 0.105 e. The van der Waals surface area contributed by atoms with E-state index in [9.17, 15) is 0 Å². The summed E-state index contributed by atoms with van der Waals surface area (Å²) in [6.07, 6.45) is 3.88. The van der Waals surface area contributed by atoms with Crippen LogP contribution in [0.4, 0.5) is 0 Å². The van der Waals surface area contributed by atoms with Crippen molar-refractivity contribution >= 4 is 0 Å². The van der Waals surface area contributed by atoms with Crippen LogP contribution in [0.3, 0.4) is 0 Å². The lowest BCUT2D eigenvalue weighted by Gasteiger charge is -2.33. The highest BCUT2D eigenvalue weighted by Crippen LogP contribution is 2.38. The molecule has 0 radical (unpaired) electrons. The van der Waals surface area contributed by atoms with E-state index in [-0.39, 0.29) is 6.04 Å². The molecule has 14 heavy (non-hydrogen) atoms. The highest BCUT2D eigenvalue weighted by atomic mass is 16.3. The fourth-order valence-electron chi connectivity index (χ4n) is 2.21. The molecule has 0 saturated heterocycles. The van der Waals surface area contributed by atoms with Crippen molar-refractivity contribution in [2.75, 3.05) is 0 Å². The van der Waals surface area contributed by atoms with Crippen molar-refractivity contribution in [1.82, 2.24) is 5.43 Å². The van der Waals surface area contributed by atoms with Gasteiger partial charge in [0.05, 0.1) is 6.04 Å². The standard InChI is InChI=1S/C11H18N2O/c1-7-6-10(8(2)14-7)11(13-12)9-4-3-5-9/h6,9,11,13H,3-5,12H2,1-2H3. The molecule has 1 unspecified atom stereocenters. The molecule has 0 aliphatic heterocycles. The Morgan fingerprint density at radius 3 is 2.57 bits per heavy atom. The number of hydrogen-bond donors (Lipinski definition) is 2. The molecular weight excluding hydrogens is 176 g/mol. The van der Waals surface area contributed by atoms with Crippen LogP contribution in [0.1, 0.15) is 42.4 Å². The maximum absolute atomic E-state index is 5.60. The summed E-state index contributed by atoms with van der Waals surface area (Å²) in [6.45, 7) is 3.98. The molecule has 0 amide bonds. The first-order valence-corrected chi connectivity index (χ1v) is 5.25. The average molecular weight is 194 g/mol. The molecule has 0 spiro atoms. The molecule has 3 N–H and O–H groups in total. The Kier molecular flexibility index (Phi) is 2.61. The maximum atomic E-state index is 5.60. The first-order chi connectivity index (χ1) is 6.72. The minimum atomic E-state index is 0.279. The Morgan fingerprint density at radius 2 is 2.21 bits per heavy atom. The van der Waals surface area contributed by atoms with Crippen molar-refractivity contribution in [3.63, 3.8) is 0 Å². The molecule has 0 bridgehead atoms. The SMILES string of the molecule is Cc1cc(C(NN)C2CCC2)c(C)o1. The summed E-state index contributed by atoms with van der Waals surface area (Å²) >= 11 is 0. The first kappa shape index (κ1) is 9.74. The molecular formula is C11H18N2O. The number of nitrogens with two attached hydrogens (primary N) is 1. The minimum Gasteiger partial charge on any atom is -0.466 e. The molecule has 1 saturated carbocycles.